The number of aryl methyl sites for hydroxylation is 1. The van der Waals surface area contributed by atoms with E-state index in [1.165, 1.54) is 0 Å². The number of aromatic nitrogens is 1. The molecular formula is C18H17Cl2N. The number of fused-ring (bicyclic) bond motifs is 1. The van der Waals surface area contributed by atoms with E-state index < -0.39 is 0 Å². The maximum Gasteiger partial charge on any atom is 0.139 e. The summed E-state index contributed by atoms with van der Waals surface area (Å²) in [5.41, 5.74) is 3.16. The summed E-state index contributed by atoms with van der Waals surface area (Å²) in [6.45, 7) is 5.96. The molecule has 0 atom stereocenters. The van der Waals surface area contributed by atoms with Crippen LogP contribution >= 0.6 is 23.2 Å². The lowest BCUT2D eigenvalue weighted by Gasteiger charge is -2.11. The number of hydrogen-bond acceptors (Lipinski definition) is 1. The molecule has 0 unspecified atom stereocenters. The molecule has 0 radical (unpaired) electrons. The van der Waals surface area contributed by atoms with Gasteiger partial charge in [-0.05, 0) is 29.0 Å². The van der Waals surface area contributed by atoms with Crippen LogP contribution < -0.4 is 0 Å². The fraction of sp³-hybridized carbons (Fsp3) is 0.167. The highest BCUT2D eigenvalue weighted by atomic mass is 35.5. The van der Waals surface area contributed by atoms with Gasteiger partial charge in [-0.25, -0.2) is 4.98 Å². The van der Waals surface area contributed by atoms with Crippen molar-refractivity contribution in [2.75, 3.05) is 0 Å². The fourth-order valence-electron chi connectivity index (χ4n) is 2.28. The van der Waals surface area contributed by atoms with Crippen LogP contribution in [0.25, 0.3) is 21.9 Å². The zero-order valence-corrected chi connectivity index (χ0v) is 13.8. The Balaban J connectivity index is 0.000000774. The lowest BCUT2D eigenvalue weighted by atomic mass is 9.98. The summed E-state index contributed by atoms with van der Waals surface area (Å²) in [5.74, 6) is 0. The molecule has 1 nitrogen and oxygen atoms in total. The minimum atomic E-state index is 0.449. The first kappa shape index (κ1) is 15.8. The van der Waals surface area contributed by atoms with Crippen LogP contribution in [-0.4, -0.2) is 4.98 Å². The predicted molar refractivity (Wildman–Crippen MR) is 93.3 cm³/mol. The fourth-order valence-corrected chi connectivity index (χ4v) is 2.80. The van der Waals surface area contributed by atoms with Crippen LogP contribution in [0.1, 0.15) is 19.4 Å². The van der Waals surface area contributed by atoms with Crippen molar-refractivity contribution < 1.29 is 0 Å². The Bertz CT molecular complexity index is 752. The molecule has 3 heteroatoms. The lowest BCUT2D eigenvalue weighted by Crippen LogP contribution is -1.90. The van der Waals surface area contributed by atoms with Gasteiger partial charge in [0.25, 0.3) is 0 Å². The molecule has 3 aromatic rings. The van der Waals surface area contributed by atoms with Gasteiger partial charge in [0.15, 0.2) is 0 Å². The molecule has 0 saturated heterocycles. The summed E-state index contributed by atoms with van der Waals surface area (Å²) < 4.78 is 0. The van der Waals surface area contributed by atoms with E-state index in [0.717, 1.165) is 27.5 Å². The van der Waals surface area contributed by atoms with Gasteiger partial charge in [-0.15, -0.1) is 0 Å². The van der Waals surface area contributed by atoms with Crippen molar-refractivity contribution >= 4 is 34.0 Å². The van der Waals surface area contributed by atoms with E-state index >= 15 is 0 Å². The average Bonchev–Trinajstić information content (AvgIpc) is 2.55. The smallest absolute Gasteiger partial charge is 0.139 e. The van der Waals surface area contributed by atoms with Crippen LogP contribution in [0.15, 0.2) is 48.5 Å². The highest BCUT2D eigenvalue weighted by Gasteiger charge is 2.12. The highest BCUT2D eigenvalue weighted by molar-refractivity contribution is 6.38. The summed E-state index contributed by atoms with van der Waals surface area (Å²) in [6.07, 6.45) is 0. The molecule has 108 valence electrons. The number of nitrogens with zero attached hydrogens (tertiary/aromatic N) is 1. The molecule has 3 rings (SSSR count). The van der Waals surface area contributed by atoms with Gasteiger partial charge < -0.3 is 0 Å². The lowest BCUT2D eigenvalue weighted by molar-refractivity contribution is 1.31. The zero-order chi connectivity index (χ0) is 15.4. The van der Waals surface area contributed by atoms with E-state index in [-0.39, 0.29) is 0 Å². The van der Waals surface area contributed by atoms with Crippen LogP contribution in [0.2, 0.25) is 10.3 Å². The van der Waals surface area contributed by atoms with Crippen LogP contribution in [0, 0.1) is 6.92 Å². The summed E-state index contributed by atoms with van der Waals surface area (Å²) in [4.78, 5) is 4.22. The third kappa shape index (κ3) is 3.04. The number of halogens is 2. The van der Waals surface area contributed by atoms with Crippen LogP contribution in [0.3, 0.4) is 0 Å². The van der Waals surface area contributed by atoms with E-state index in [2.05, 4.69) is 23.2 Å². The Morgan fingerprint density at radius 2 is 1.48 bits per heavy atom. The predicted octanol–water partition coefficient (Wildman–Crippen LogP) is 6.54. The van der Waals surface area contributed by atoms with Crippen molar-refractivity contribution in [2.45, 2.75) is 20.8 Å². The Morgan fingerprint density at radius 3 is 2.14 bits per heavy atom. The molecule has 0 fully saturated rings. The highest BCUT2D eigenvalue weighted by Crippen LogP contribution is 2.36. The van der Waals surface area contributed by atoms with E-state index in [4.69, 9.17) is 23.2 Å². The molecule has 21 heavy (non-hydrogen) atoms. The molecule has 0 aliphatic carbocycles. The minimum Gasteiger partial charge on any atom is -0.223 e. The topological polar surface area (TPSA) is 12.9 Å². The molecule has 0 spiro atoms. The molecule has 0 aliphatic heterocycles. The Morgan fingerprint density at radius 1 is 0.810 bits per heavy atom. The van der Waals surface area contributed by atoms with Crippen molar-refractivity contribution in [3.63, 3.8) is 0 Å². The Hall–Kier alpha value is -1.57. The molecule has 0 saturated carbocycles. The molecule has 1 heterocycles. The third-order valence-electron chi connectivity index (χ3n) is 3.27. The second-order valence-corrected chi connectivity index (χ2v) is 5.13. The maximum absolute atomic E-state index is 6.29. The first-order valence-corrected chi connectivity index (χ1v) is 7.74. The average molecular weight is 318 g/mol. The Kier molecular flexibility index (Phi) is 5.22. The molecule has 0 aliphatic rings. The SMILES string of the molecule is CC.Cc1c(Cl)nc(Cl)c2c(-c3ccccc3)cccc12. The monoisotopic (exact) mass is 317 g/mol. The van der Waals surface area contributed by atoms with Gasteiger partial charge in [0.05, 0.1) is 0 Å². The summed E-state index contributed by atoms with van der Waals surface area (Å²) in [7, 11) is 0. The Labute approximate surface area is 135 Å². The minimum absolute atomic E-state index is 0.449. The van der Waals surface area contributed by atoms with Crippen molar-refractivity contribution in [3.05, 3.63) is 64.4 Å². The van der Waals surface area contributed by atoms with Crippen molar-refractivity contribution in [3.8, 4) is 11.1 Å². The molecular weight excluding hydrogens is 301 g/mol. The van der Waals surface area contributed by atoms with Crippen LogP contribution in [0.4, 0.5) is 0 Å². The third-order valence-corrected chi connectivity index (χ3v) is 3.91. The number of benzene rings is 2. The standard InChI is InChI=1S/C16H11Cl2N.C2H6/c1-10-12-8-5-9-13(11-6-3-2-4-7-11)14(12)16(18)19-15(10)17;1-2/h2-9H,1H3;1-2H3. The number of hydrogen-bond donors (Lipinski definition) is 0. The maximum atomic E-state index is 6.29. The van der Waals surface area contributed by atoms with Crippen molar-refractivity contribution in [1.82, 2.24) is 4.98 Å². The summed E-state index contributed by atoms with van der Waals surface area (Å²) >= 11 is 12.4. The van der Waals surface area contributed by atoms with Gasteiger partial charge >= 0.3 is 0 Å². The zero-order valence-electron chi connectivity index (χ0n) is 12.3. The van der Waals surface area contributed by atoms with E-state index in [9.17, 15) is 0 Å². The van der Waals surface area contributed by atoms with Gasteiger partial charge in [0, 0.05) is 5.39 Å². The molecule has 0 bridgehead atoms. The molecule has 1 aromatic heterocycles. The van der Waals surface area contributed by atoms with Crippen molar-refractivity contribution in [2.24, 2.45) is 0 Å². The largest absolute Gasteiger partial charge is 0.223 e. The van der Waals surface area contributed by atoms with Gasteiger partial charge in [0.1, 0.15) is 10.3 Å². The molecule has 0 N–H and O–H groups in total. The van der Waals surface area contributed by atoms with Crippen molar-refractivity contribution in [1.29, 1.82) is 0 Å². The summed E-state index contributed by atoms with van der Waals surface area (Å²) in [6, 6.07) is 16.2. The quantitative estimate of drug-likeness (QED) is 0.464. The van der Waals surface area contributed by atoms with Crippen LogP contribution in [-0.2, 0) is 0 Å². The normalized spacial score (nSPS) is 10.1. The number of pyridine rings is 1. The van der Waals surface area contributed by atoms with Gasteiger partial charge in [0.2, 0.25) is 0 Å². The molecule has 2 aromatic carbocycles. The second-order valence-electron chi connectivity index (χ2n) is 4.41. The van der Waals surface area contributed by atoms with E-state index in [1.807, 2.05) is 51.1 Å². The first-order chi connectivity index (χ1) is 10.2. The van der Waals surface area contributed by atoms with Gasteiger partial charge in [-0.3, -0.25) is 0 Å². The number of rotatable bonds is 1. The van der Waals surface area contributed by atoms with Crippen LogP contribution in [0.5, 0.6) is 0 Å². The molecule has 0 amide bonds. The van der Waals surface area contributed by atoms with Gasteiger partial charge in [-0.2, -0.15) is 0 Å². The summed E-state index contributed by atoms with van der Waals surface area (Å²) in [5, 5.41) is 2.91. The van der Waals surface area contributed by atoms with E-state index in [0.29, 0.717) is 10.3 Å². The van der Waals surface area contributed by atoms with E-state index in [1.54, 1.807) is 0 Å². The first-order valence-electron chi connectivity index (χ1n) is 6.98. The van der Waals surface area contributed by atoms with Gasteiger partial charge in [-0.1, -0.05) is 85.6 Å². The second kappa shape index (κ2) is 6.93.